The van der Waals surface area contributed by atoms with Crippen molar-refractivity contribution < 1.29 is 9.53 Å². The third kappa shape index (κ3) is 3.27. The minimum absolute atomic E-state index is 0.417. The fourth-order valence-corrected chi connectivity index (χ4v) is 3.08. The van der Waals surface area contributed by atoms with E-state index in [-0.39, 0.29) is 0 Å². The minimum atomic E-state index is -0.504. The molecule has 0 saturated carbocycles. The van der Waals surface area contributed by atoms with Crippen molar-refractivity contribution in [2.45, 2.75) is 13.0 Å². The van der Waals surface area contributed by atoms with Crippen LogP contribution in [0.25, 0.3) is 5.69 Å². The van der Waals surface area contributed by atoms with Gasteiger partial charge < -0.3 is 10.1 Å². The van der Waals surface area contributed by atoms with Crippen molar-refractivity contribution in [3.05, 3.63) is 83.6 Å². The SMILES string of the molecule is COC(=O)C1=C(C)NC(c2ccccn2)=NC1c1ccc(-n2ccnn2)cc1. The van der Waals surface area contributed by atoms with Crippen LogP contribution in [0.1, 0.15) is 24.2 Å². The topological polar surface area (TPSA) is 94.3 Å². The lowest BCUT2D eigenvalue weighted by Crippen LogP contribution is -2.33. The van der Waals surface area contributed by atoms with Crippen molar-refractivity contribution in [2.24, 2.45) is 4.99 Å². The van der Waals surface area contributed by atoms with Gasteiger partial charge in [-0.25, -0.2) is 9.48 Å². The van der Waals surface area contributed by atoms with Crippen molar-refractivity contribution in [3.63, 3.8) is 0 Å². The summed E-state index contributed by atoms with van der Waals surface area (Å²) in [5.41, 5.74) is 3.58. The predicted molar refractivity (Wildman–Crippen MR) is 103 cm³/mol. The highest BCUT2D eigenvalue weighted by Gasteiger charge is 2.30. The van der Waals surface area contributed by atoms with E-state index in [1.807, 2.05) is 49.4 Å². The normalized spacial score (nSPS) is 16.4. The number of pyridine rings is 1. The number of aromatic nitrogens is 4. The zero-order chi connectivity index (χ0) is 19.5. The Morgan fingerprint density at radius 2 is 1.96 bits per heavy atom. The summed E-state index contributed by atoms with van der Waals surface area (Å²) in [4.78, 5) is 21.5. The number of amidine groups is 1. The third-order valence-corrected chi connectivity index (χ3v) is 4.45. The number of methoxy groups -OCH3 is 1. The number of carbonyl (C=O) groups excluding carboxylic acids is 1. The van der Waals surface area contributed by atoms with Crippen molar-refractivity contribution in [3.8, 4) is 5.69 Å². The molecule has 1 N–H and O–H groups in total. The molecule has 0 bridgehead atoms. The minimum Gasteiger partial charge on any atom is -0.466 e. The molecule has 4 rings (SSSR count). The Kier molecular flexibility index (Phi) is 4.67. The first kappa shape index (κ1) is 17.6. The van der Waals surface area contributed by atoms with Crippen molar-refractivity contribution in [1.82, 2.24) is 25.3 Å². The summed E-state index contributed by atoms with van der Waals surface area (Å²) in [5.74, 6) is 0.190. The van der Waals surface area contributed by atoms with E-state index >= 15 is 0 Å². The Hall–Kier alpha value is -3.81. The van der Waals surface area contributed by atoms with E-state index in [1.54, 1.807) is 23.3 Å². The van der Waals surface area contributed by atoms with Crippen LogP contribution in [0.4, 0.5) is 0 Å². The Bertz CT molecular complexity index is 1040. The van der Waals surface area contributed by atoms with E-state index in [1.165, 1.54) is 7.11 Å². The molecule has 28 heavy (non-hydrogen) atoms. The molecule has 0 spiro atoms. The zero-order valence-electron chi connectivity index (χ0n) is 15.4. The summed E-state index contributed by atoms with van der Waals surface area (Å²) in [6.07, 6.45) is 5.09. The first-order valence-electron chi connectivity index (χ1n) is 8.69. The quantitative estimate of drug-likeness (QED) is 0.704. The van der Waals surface area contributed by atoms with Gasteiger partial charge in [-0.3, -0.25) is 9.98 Å². The molecule has 2 aromatic heterocycles. The summed E-state index contributed by atoms with van der Waals surface area (Å²) in [7, 11) is 1.37. The number of benzene rings is 1. The number of ether oxygens (including phenoxy) is 1. The molecular formula is C20H18N6O2. The highest BCUT2D eigenvalue weighted by atomic mass is 16.5. The number of hydrogen-bond donors (Lipinski definition) is 1. The van der Waals surface area contributed by atoms with E-state index in [9.17, 15) is 4.79 Å². The maximum atomic E-state index is 12.4. The largest absolute Gasteiger partial charge is 0.466 e. The van der Waals surface area contributed by atoms with Gasteiger partial charge in [0, 0.05) is 11.9 Å². The first-order valence-corrected chi connectivity index (χ1v) is 8.69. The molecule has 0 amide bonds. The second kappa shape index (κ2) is 7.43. The zero-order valence-corrected chi connectivity index (χ0v) is 15.4. The summed E-state index contributed by atoms with van der Waals surface area (Å²) in [5, 5.41) is 11.0. The molecule has 0 saturated heterocycles. The summed E-state index contributed by atoms with van der Waals surface area (Å²) < 4.78 is 6.66. The molecule has 8 nitrogen and oxygen atoms in total. The van der Waals surface area contributed by atoms with Crippen molar-refractivity contribution in [1.29, 1.82) is 0 Å². The molecule has 140 valence electrons. The smallest absolute Gasteiger partial charge is 0.338 e. The standard InChI is InChI=1S/C20H18N6O2/c1-13-17(20(27)28-2)18(24-19(23-13)16-5-3-4-10-21-16)14-6-8-15(9-7-14)26-12-11-22-25-26/h3-12,18H,1-2H3,(H,23,24). The average Bonchev–Trinajstić information content (AvgIpc) is 3.28. The predicted octanol–water partition coefficient (Wildman–Crippen LogP) is 2.20. The number of rotatable bonds is 4. The maximum absolute atomic E-state index is 12.4. The van der Waals surface area contributed by atoms with Crippen LogP contribution in [0.5, 0.6) is 0 Å². The van der Waals surface area contributed by atoms with E-state index < -0.39 is 12.0 Å². The van der Waals surface area contributed by atoms with Gasteiger partial charge in [0.25, 0.3) is 0 Å². The molecule has 0 fully saturated rings. The number of nitrogens with zero attached hydrogens (tertiary/aromatic N) is 5. The lowest BCUT2D eigenvalue weighted by Gasteiger charge is -2.25. The molecular weight excluding hydrogens is 356 g/mol. The van der Waals surface area contributed by atoms with E-state index in [4.69, 9.17) is 9.73 Å². The van der Waals surface area contributed by atoms with Gasteiger partial charge in [-0.05, 0) is 36.8 Å². The fourth-order valence-electron chi connectivity index (χ4n) is 3.08. The van der Waals surface area contributed by atoms with E-state index in [2.05, 4.69) is 20.6 Å². The second-order valence-corrected chi connectivity index (χ2v) is 6.19. The maximum Gasteiger partial charge on any atom is 0.338 e. The van der Waals surface area contributed by atoms with Gasteiger partial charge in [-0.15, -0.1) is 5.10 Å². The highest BCUT2D eigenvalue weighted by molar-refractivity contribution is 6.02. The average molecular weight is 374 g/mol. The molecule has 1 aliphatic rings. The van der Waals surface area contributed by atoms with Gasteiger partial charge in [0.2, 0.25) is 0 Å². The van der Waals surface area contributed by atoms with Crippen LogP contribution in [-0.2, 0) is 9.53 Å². The fraction of sp³-hybridized carbons (Fsp3) is 0.150. The van der Waals surface area contributed by atoms with Crippen molar-refractivity contribution in [2.75, 3.05) is 7.11 Å². The van der Waals surface area contributed by atoms with Gasteiger partial charge in [0.1, 0.15) is 11.7 Å². The van der Waals surface area contributed by atoms with Crippen LogP contribution in [0.3, 0.4) is 0 Å². The van der Waals surface area contributed by atoms with Crippen LogP contribution in [0.2, 0.25) is 0 Å². The lowest BCUT2D eigenvalue weighted by atomic mass is 9.95. The number of aliphatic imine (C=N–C) groups is 1. The molecule has 0 radical (unpaired) electrons. The second-order valence-electron chi connectivity index (χ2n) is 6.19. The van der Waals surface area contributed by atoms with Gasteiger partial charge >= 0.3 is 5.97 Å². The third-order valence-electron chi connectivity index (χ3n) is 4.45. The number of nitrogens with one attached hydrogen (secondary N) is 1. The van der Waals surface area contributed by atoms with Crippen LogP contribution in [0.15, 0.2) is 77.3 Å². The first-order chi connectivity index (χ1) is 13.7. The Morgan fingerprint density at radius 1 is 1.14 bits per heavy atom. The van der Waals surface area contributed by atoms with Gasteiger partial charge in [-0.2, -0.15) is 0 Å². The molecule has 1 atom stereocenters. The molecule has 3 heterocycles. The Labute approximate surface area is 161 Å². The van der Waals surface area contributed by atoms with Crippen molar-refractivity contribution >= 4 is 11.8 Å². The van der Waals surface area contributed by atoms with Crippen LogP contribution in [0, 0.1) is 0 Å². The monoisotopic (exact) mass is 374 g/mol. The Balaban J connectivity index is 1.76. The number of carbonyl (C=O) groups is 1. The van der Waals surface area contributed by atoms with Crippen LogP contribution >= 0.6 is 0 Å². The molecule has 8 heteroatoms. The van der Waals surface area contributed by atoms with Gasteiger partial charge in [0.15, 0.2) is 5.84 Å². The highest BCUT2D eigenvalue weighted by Crippen LogP contribution is 2.32. The molecule has 1 aliphatic heterocycles. The summed E-state index contributed by atoms with van der Waals surface area (Å²) in [6.45, 7) is 1.83. The molecule has 1 unspecified atom stereocenters. The van der Waals surface area contributed by atoms with Crippen LogP contribution in [-0.4, -0.2) is 38.9 Å². The number of allylic oxidation sites excluding steroid dienone is 1. The summed E-state index contributed by atoms with van der Waals surface area (Å²) in [6, 6.07) is 12.8. The van der Waals surface area contributed by atoms with Crippen LogP contribution < -0.4 is 5.32 Å². The molecule has 3 aromatic rings. The van der Waals surface area contributed by atoms with Gasteiger partial charge in [0.05, 0.1) is 30.8 Å². The number of esters is 1. The lowest BCUT2D eigenvalue weighted by molar-refractivity contribution is -0.136. The van der Waals surface area contributed by atoms with Gasteiger partial charge in [-0.1, -0.05) is 23.4 Å². The molecule has 0 aliphatic carbocycles. The van der Waals surface area contributed by atoms with E-state index in [0.29, 0.717) is 22.8 Å². The number of hydrogen-bond acceptors (Lipinski definition) is 7. The Morgan fingerprint density at radius 3 is 2.61 bits per heavy atom. The van der Waals surface area contributed by atoms with E-state index in [0.717, 1.165) is 11.3 Å². The molecule has 1 aromatic carbocycles. The summed E-state index contributed by atoms with van der Waals surface area (Å²) >= 11 is 0.